The van der Waals surface area contributed by atoms with E-state index in [0.717, 1.165) is 28.2 Å². The molecule has 1 aliphatic heterocycles. The summed E-state index contributed by atoms with van der Waals surface area (Å²) >= 11 is 0. The van der Waals surface area contributed by atoms with E-state index < -0.39 is 0 Å². The van der Waals surface area contributed by atoms with Gasteiger partial charge in [-0.1, -0.05) is 48.5 Å². The lowest BCUT2D eigenvalue weighted by molar-refractivity contribution is -0.134. The van der Waals surface area contributed by atoms with E-state index in [2.05, 4.69) is 10.4 Å². The zero-order valence-corrected chi connectivity index (χ0v) is 19.2. The second kappa shape index (κ2) is 10.2. The van der Waals surface area contributed by atoms with Gasteiger partial charge in [-0.15, -0.1) is 0 Å². The third kappa shape index (κ3) is 5.26. The third-order valence-corrected chi connectivity index (χ3v) is 5.77. The number of carbonyl (C=O) groups excluding carboxylic acids is 2. The van der Waals surface area contributed by atoms with Crippen LogP contribution in [0.2, 0.25) is 0 Å². The molecular formula is C27H27N3O4. The van der Waals surface area contributed by atoms with Crippen LogP contribution in [0.25, 0.3) is 0 Å². The van der Waals surface area contributed by atoms with Crippen molar-refractivity contribution in [2.45, 2.75) is 32.2 Å². The summed E-state index contributed by atoms with van der Waals surface area (Å²) in [4.78, 5) is 25.6. The van der Waals surface area contributed by atoms with E-state index >= 15 is 0 Å². The van der Waals surface area contributed by atoms with Crippen molar-refractivity contribution < 1.29 is 19.4 Å². The van der Waals surface area contributed by atoms with Gasteiger partial charge >= 0.3 is 0 Å². The molecular weight excluding hydrogens is 430 g/mol. The first-order valence-corrected chi connectivity index (χ1v) is 11.1. The zero-order chi connectivity index (χ0) is 24.1. The van der Waals surface area contributed by atoms with Gasteiger partial charge in [0.05, 0.1) is 24.6 Å². The Bertz CT molecular complexity index is 1210. The van der Waals surface area contributed by atoms with Gasteiger partial charge in [0, 0.05) is 19.3 Å². The number of aromatic hydroxyl groups is 1. The maximum atomic E-state index is 13.2. The fraction of sp³-hybridized carbons (Fsp3) is 0.222. The van der Waals surface area contributed by atoms with Gasteiger partial charge in [0.15, 0.2) is 0 Å². The molecule has 0 saturated heterocycles. The molecule has 1 heterocycles. The predicted octanol–water partition coefficient (Wildman–Crippen LogP) is 4.81. The van der Waals surface area contributed by atoms with Gasteiger partial charge in [-0.3, -0.25) is 9.59 Å². The molecule has 0 radical (unpaired) electrons. The minimum absolute atomic E-state index is 0.00329. The highest BCUT2D eigenvalue weighted by Gasteiger charge is 2.33. The summed E-state index contributed by atoms with van der Waals surface area (Å²) in [6.45, 7) is 1.85. The minimum atomic E-state index is -0.347. The van der Waals surface area contributed by atoms with Crippen LogP contribution in [0.3, 0.4) is 0 Å². The second-order valence-corrected chi connectivity index (χ2v) is 8.21. The molecule has 2 amide bonds. The number of phenols is 1. The summed E-state index contributed by atoms with van der Waals surface area (Å²) in [7, 11) is 1.61. The molecule has 1 atom stereocenters. The molecule has 3 aromatic rings. The van der Waals surface area contributed by atoms with Crippen molar-refractivity contribution in [2.24, 2.45) is 5.10 Å². The molecule has 0 saturated carbocycles. The molecule has 3 aromatic carbocycles. The van der Waals surface area contributed by atoms with Crippen LogP contribution in [-0.4, -0.2) is 34.8 Å². The Morgan fingerprint density at radius 2 is 1.79 bits per heavy atom. The van der Waals surface area contributed by atoms with Gasteiger partial charge < -0.3 is 15.2 Å². The van der Waals surface area contributed by atoms with E-state index in [4.69, 9.17) is 4.74 Å². The number of aryl methyl sites for hydroxylation is 1. The van der Waals surface area contributed by atoms with Gasteiger partial charge in [-0.2, -0.15) is 5.10 Å². The topological polar surface area (TPSA) is 91.2 Å². The summed E-state index contributed by atoms with van der Waals surface area (Å²) in [6.07, 6.45) is 0.552. The number of nitrogens with one attached hydrogen (secondary N) is 1. The number of carbonyl (C=O) groups is 2. The number of rotatable bonds is 7. The zero-order valence-electron chi connectivity index (χ0n) is 19.2. The first kappa shape index (κ1) is 23.0. The standard InChI is InChI=1S/C27H27N3O4/c1-18-8-13-22(25(31)16-18)28-26(32)14-15-27(33)30-24(20-9-11-21(34-2)12-10-20)17-23(29-30)19-6-4-3-5-7-19/h3-13,16,24,31H,14-15,17H2,1-2H3,(H,28,32)/t24-/m1/s1. The highest BCUT2D eigenvalue weighted by molar-refractivity contribution is 6.03. The lowest BCUT2D eigenvalue weighted by atomic mass is 9.98. The van der Waals surface area contributed by atoms with Crippen LogP contribution in [0.5, 0.6) is 11.5 Å². The van der Waals surface area contributed by atoms with Crippen LogP contribution in [0, 0.1) is 6.92 Å². The average molecular weight is 458 g/mol. The van der Waals surface area contributed by atoms with Crippen LogP contribution in [-0.2, 0) is 9.59 Å². The highest BCUT2D eigenvalue weighted by atomic mass is 16.5. The first-order valence-electron chi connectivity index (χ1n) is 11.1. The van der Waals surface area contributed by atoms with Gasteiger partial charge in [-0.25, -0.2) is 5.01 Å². The van der Waals surface area contributed by atoms with E-state index in [-0.39, 0.29) is 36.4 Å². The van der Waals surface area contributed by atoms with Crippen molar-refractivity contribution in [1.29, 1.82) is 0 Å². The molecule has 0 aliphatic carbocycles. The molecule has 1 aliphatic rings. The number of methoxy groups -OCH3 is 1. The molecule has 4 rings (SSSR count). The largest absolute Gasteiger partial charge is 0.506 e. The Labute approximate surface area is 198 Å². The Balaban J connectivity index is 1.48. The third-order valence-electron chi connectivity index (χ3n) is 5.77. The summed E-state index contributed by atoms with van der Waals surface area (Å²) in [5, 5.41) is 18.8. The van der Waals surface area contributed by atoms with E-state index in [1.807, 2.05) is 61.5 Å². The smallest absolute Gasteiger partial charge is 0.243 e. The Morgan fingerprint density at radius 1 is 1.06 bits per heavy atom. The lowest BCUT2D eigenvalue weighted by Crippen LogP contribution is -2.28. The summed E-state index contributed by atoms with van der Waals surface area (Å²) < 4.78 is 5.25. The Hall–Kier alpha value is -4.13. The average Bonchev–Trinajstić information content (AvgIpc) is 3.30. The van der Waals surface area contributed by atoms with Crippen molar-refractivity contribution in [3.05, 3.63) is 89.5 Å². The Morgan fingerprint density at radius 3 is 2.47 bits per heavy atom. The predicted molar refractivity (Wildman–Crippen MR) is 131 cm³/mol. The van der Waals surface area contributed by atoms with Crippen molar-refractivity contribution >= 4 is 23.2 Å². The fourth-order valence-corrected chi connectivity index (χ4v) is 3.93. The number of hydrazone groups is 1. The normalized spacial score (nSPS) is 15.1. The number of anilines is 1. The van der Waals surface area contributed by atoms with Crippen molar-refractivity contribution in [3.8, 4) is 11.5 Å². The molecule has 0 bridgehead atoms. The van der Waals surface area contributed by atoms with Crippen LogP contribution < -0.4 is 10.1 Å². The monoisotopic (exact) mass is 457 g/mol. The van der Waals surface area contributed by atoms with Crippen molar-refractivity contribution in [2.75, 3.05) is 12.4 Å². The lowest BCUT2D eigenvalue weighted by Gasteiger charge is -2.22. The van der Waals surface area contributed by atoms with Crippen molar-refractivity contribution in [3.63, 3.8) is 0 Å². The van der Waals surface area contributed by atoms with Gasteiger partial charge in [0.2, 0.25) is 11.8 Å². The number of nitrogens with zero attached hydrogens (tertiary/aromatic N) is 2. The number of hydrogen-bond acceptors (Lipinski definition) is 5. The SMILES string of the molecule is COc1ccc([C@H]2CC(c3ccccc3)=NN2C(=O)CCC(=O)Nc2ccc(C)cc2O)cc1. The fourth-order valence-electron chi connectivity index (χ4n) is 3.93. The number of ether oxygens (including phenoxy) is 1. The maximum absolute atomic E-state index is 13.2. The second-order valence-electron chi connectivity index (χ2n) is 8.21. The quantitative estimate of drug-likeness (QED) is 0.498. The molecule has 0 spiro atoms. The van der Waals surface area contributed by atoms with E-state index in [1.54, 1.807) is 25.3 Å². The number of amides is 2. The van der Waals surface area contributed by atoms with Crippen LogP contribution in [0.4, 0.5) is 5.69 Å². The van der Waals surface area contributed by atoms with Crippen LogP contribution >= 0.6 is 0 Å². The minimum Gasteiger partial charge on any atom is -0.506 e. The molecule has 7 nitrogen and oxygen atoms in total. The van der Waals surface area contributed by atoms with Crippen LogP contribution in [0.15, 0.2) is 77.9 Å². The molecule has 0 fully saturated rings. The van der Waals surface area contributed by atoms with Gasteiger partial charge in [0.1, 0.15) is 11.5 Å². The van der Waals surface area contributed by atoms with E-state index in [9.17, 15) is 14.7 Å². The maximum Gasteiger partial charge on any atom is 0.243 e. The van der Waals surface area contributed by atoms with E-state index in [0.29, 0.717) is 12.1 Å². The Kier molecular flexibility index (Phi) is 6.92. The highest BCUT2D eigenvalue weighted by Crippen LogP contribution is 2.34. The number of hydrogen-bond donors (Lipinski definition) is 2. The number of phenolic OH excluding ortho intramolecular Hbond substituents is 1. The molecule has 0 aromatic heterocycles. The summed E-state index contributed by atoms with van der Waals surface area (Å²) in [6, 6.07) is 22.1. The van der Waals surface area contributed by atoms with Gasteiger partial charge in [0.25, 0.3) is 0 Å². The molecule has 174 valence electrons. The molecule has 0 unspecified atom stereocenters. The van der Waals surface area contributed by atoms with Crippen LogP contribution in [0.1, 0.15) is 42.0 Å². The van der Waals surface area contributed by atoms with Gasteiger partial charge in [-0.05, 0) is 47.9 Å². The number of benzene rings is 3. The summed E-state index contributed by atoms with van der Waals surface area (Å²) in [5.41, 5.74) is 3.94. The summed E-state index contributed by atoms with van der Waals surface area (Å²) in [5.74, 6) is 0.144. The molecule has 2 N–H and O–H groups in total. The first-order chi connectivity index (χ1) is 16.4. The van der Waals surface area contributed by atoms with E-state index in [1.165, 1.54) is 5.01 Å². The van der Waals surface area contributed by atoms with Crippen molar-refractivity contribution in [1.82, 2.24) is 5.01 Å². The molecule has 34 heavy (non-hydrogen) atoms. The molecule has 7 heteroatoms.